The van der Waals surface area contributed by atoms with Crippen molar-refractivity contribution in [2.24, 2.45) is 0 Å². The van der Waals surface area contributed by atoms with Gasteiger partial charge < -0.3 is 14.4 Å². The van der Waals surface area contributed by atoms with Crippen LogP contribution >= 0.6 is 0 Å². The van der Waals surface area contributed by atoms with Crippen molar-refractivity contribution >= 4 is 0 Å². The number of aliphatic hydroxyl groups is 1. The van der Waals surface area contributed by atoms with Gasteiger partial charge in [0, 0.05) is 18.2 Å². The smallest absolute Gasteiger partial charge is 0.275 e. The van der Waals surface area contributed by atoms with Gasteiger partial charge in [0.15, 0.2) is 0 Å². The quantitative estimate of drug-likeness (QED) is 0.701. The largest absolute Gasteiger partial charge is 0.394 e. The Balaban J connectivity index is 2.14. The third kappa shape index (κ3) is 1.10. The zero-order chi connectivity index (χ0) is 10.6. The van der Waals surface area contributed by atoms with Crippen LogP contribution in [0.15, 0.2) is 11.0 Å². The maximum absolute atomic E-state index is 11.4. The highest BCUT2D eigenvalue weighted by molar-refractivity contribution is 5.17. The van der Waals surface area contributed by atoms with Crippen LogP contribution in [-0.2, 0) is 4.74 Å². The van der Waals surface area contributed by atoms with Crippen molar-refractivity contribution in [3.63, 3.8) is 0 Å². The van der Waals surface area contributed by atoms with Crippen molar-refractivity contribution in [3.05, 3.63) is 27.9 Å². The molecule has 5 nitrogen and oxygen atoms in total. The van der Waals surface area contributed by atoms with Crippen LogP contribution in [0, 0.1) is 6.92 Å². The number of nitrogens with zero attached hydrogens (tertiary/aromatic N) is 2. The molecule has 80 valence electrons. The summed E-state index contributed by atoms with van der Waals surface area (Å²) >= 11 is 0. The maximum Gasteiger partial charge on any atom is 0.275 e. The van der Waals surface area contributed by atoms with Crippen molar-refractivity contribution < 1.29 is 9.84 Å². The number of aromatic nitrogens is 2. The number of fused-ring (bicyclic) bond motifs is 5. The standard InChI is InChI=1S/C10H12N2O3/c1-5-3-12-8-2-6(7(4-13)15-8)9(12)11-10(5)14/h3,6-8,13H,2,4H2,1H3/t6-,7+,8+/m0/s1. The van der Waals surface area contributed by atoms with Gasteiger partial charge in [-0.2, -0.15) is 4.98 Å². The molecule has 1 aromatic rings. The van der Waals surface area contributed by atoms with Crippen LogP contribution in [0.3, 0.4) is 0 Å². The molecule has 1 fully saturated rings. The van der Waals surface area contributed by atoms with Crippen molar-refractivity contribution in [2.75, 3.05) is 6.61 Å². The van der Waals surface area contributed by atoms with E-state index in [2.05, 4.69) is 4.98 Å². The molecule has 2 bridgehead atoms. The molecule has 2 aliphatic heterocycles. The fourth-order valence-corrected chi connectivity index (χ4v) is 2.43. The van der Waals surface area contributed by atoms with Crippen LogP contribution in [0.5, 0.6) is 0 Å². The van der Waals surface area contributed by atoms with E-state index in [-0.39, 0.29) is 30.4 Å². The van der Waals surface area contributed by atoms with E-state index in [1.807, 2.05) is 4.57 Å². The first-order chi connectivity index (χ1) is 7.20. The predicted molar refractivity (Wildman–Crippen MR) is 51.6 cm³/mol. The lowest BCUT2D eigenvalue weighted by molar-refractivity contribution is -0.0411. The molecule has 1 N–H and O–H groups in total. The number of hydrogen-bond donors (Lipinski definition) is 1. The minimum absolute atomic E-state index is 0.00901. The van der Waals surface area contributed by atoms with Crippen molar-refractivity contribution in [1.82, 2.24) is 9.55 Å². The van der Waals surface area contributed by atoms with E-state index < -0.39 is 0 Å². The van der Waals surface area contributed by atoms with E-state index in [4.69, 9.17) is 9.84 Å². The molecule has 5 heteroatoms. The molecule has 0 amide bonds. The van der Waals surface area contributed by atoms with Crippen LogP contribution in [0.4, 0.5) is 0 Å². The lowest BCUT2D eigenvalue weighted by Gasteiger charge is -2.24. The lowest BCUT2D eigenvalue weighted by atomic mass is 10.0. The van der Waals surface area contributed by atoms with Crippen LogP contribution in [-0.4, -0.2) is 27.4 Å². The van der Waals surface area contributed by atoms with Crippen LogP contribution in [0.1, 0.15) is 30.0 Å². The summed E-state index contributed by atoms with van der Waals surface area (Å²) in [5.41, 5.74) is 0.459. The van der Waals surface area contributed by atoms with Crippen molar-refractivity contribution in [2.45, 2.75) is 31.6 Å². The van der Waals surface area contributed by atoms with Gasteiger partial charge in [0.25, 0.3) is 5.56 Å². The minimum Gasteiger partial charge on any atom is -0.394 e. The molecule has 3 atom stereocenters. The summed E-state index contributed by atoms with van der Waals surface area (Å²) in [5.74, 6) is 0.842. The van der Waals surface area contributed by atoms with E-state index in [0.717, 1.165) is 12.2 Å². The second-order valence-electron chi connectivity index (χ2n) is 4.15. The Hall–Kier alpha value is -1.20. The molecule has 1 aromatic heterocycles. The number of aliphatic hydroxyl groups excluding tert-OH is 1. The number of hydrogen-bond acceptors (Lipinski definition) is 4. The number of rotatable bonds is 1. The third-order valence-corrected chi connectivity index (χ3v) is 3.21. The Morgan fingerprint density at radius 3 is 3.27 bits per heavy atom. The highest BCUT2D eigenvalue weighted by Crippen LogP contribution is 2.45. The molecular weight excluding hydrogens is 196 g/mol. The summed E-state index contributed by atoms with van der Waals surface area (Å²) in [6, 6.07) is 0. The molecule has 0 radical (unpaired) electrons. The molecule has 3 heterocycles. The first-order valence-corrected chi connectivity index (χ1v) is 5.06. The second kappa shape index (κ2) is 2.90. The molecule has 1 saturated heterocycles. The molecule has 0 unspecified atom stereocenters. The summed E-state index contributed by atoms with van der Waals surface area (Å²) < 4.78 is 7.51. The summed E-state index contributed by atoms with van der Waals surface area (Å²) in [4.78, 5) is 15.5. The molecule has 0 aliphatic carbocycles. The van der Waals surface area contributed by atoms with Gasteiger partial charge in [0.2, 0.25) is 0 Å². The van der Waals surface area contributed by atoms with Gasteiger partial charge in [-0.25, -0.2) is 0 Å². The summed E-state index contributed by atoms with van der Waals surface area (Å²) in [7, 11) is 0. The molecule has 0 aromatic carbocycles. The fourth-order valence-electron chi connectivity index (χ4n) is 2.43. The molecular formula is C10H12N2O3. The Morgan fingerprint density at radius 2 is 2.53 bits per heavy atom. The Bertz CT molecular complexity index is 468. The van der Waals surface area contributed by atoms with E-state index in [1.165, 1.54) is 0 Å². The molecule has 0 spiro atoms. The van der Waals surface area contributed by atoms with E-state index in [1.54, 1.807) is 13.1 Å². The average Bonchev–Trinajstić information content (AvgIpc) is 2.77. The molecule has 15 heavy (non-hydrogen) atoms. The first-order valence-electron chi connectivity index (χ1n) is 5.06. The van der Waals surface area contributed by atoms with E-state index >= 15 is 0 Å². The van der Waals surface area contributed by atoms with Crippen LogP contribution in [0.2, 0.25) is 0 Å². The van der Waals surface area contributed by atoms with Gasteiger partial charge in [-0.15, -0.1) is 0 Å². The first kappa shape index (κ1) is 9.06. The fraction of sp³-hybridized carbons (Fsp3) is 0.600. The monoisotopic (exact) mass is 208 g/mol. The zero-order valence-electron chi connectivity index (χ0n) is 8.38. The van der Waals surface area contributed by atoms with Gasteiger partial charge in [0.1, 0.15) is 12.1 Å². The predicted octanol–water partition coefficient (Wildman–Crippen LogP) is -0.0713. The average molecular weight is 208 g/mol. The van der Waals surface area contributed by atoms with E-state index in [9.17, 15) is 4.79 Å². The molecule has 2 aliphatic rings. The van der Waals surface area contributed by atoms with Gasteiger partial charge in [-0.1, -0.05) is 0 Å². The maximum atomic E-state index is 11.4. The Labute approximate surface area is 86.3 Å². The van der Waals surface area contributed by atoms with Gasteiger partial charge in [-0.3, -0.25) is 4.79 Å². The normalized spacial score (nSPS) is 32.0. The highest BCUT2D eigenvalue weighted by Gasteiger charge is 2.45. The highest BCUT2D eigenvalue weighted by atomic mass is 16.5. The Kier molecular flexibility index (Phi) is 1.75. The lowest BCUT2D eigenvalue weighted by Crippen LogP contribution is -2.30. The number of aryl methyl sites for hydroxylation is 1. The second-order valence-corrected chi connectivity index (χ2v) is 4.15. The third-order valence-electron chi connectivity index (χ3n) is 3.21. The number of ether oxygens (including phenoxy) is 1. The van der Waals surface area contributed by atoms with Gasteiger partial charge in [0.05, 0.1) is 18.6 Å². The van der Waals surface area contributed by atoms with Crippen LogP contribution in [0.25, 0.3) is 0 Å². The van der Waals surface area contributed by atoms with Crippen LogP contribution < -0.4 is 5.56 Å². The Morgan fingerprint density at radius 1 is 1.73 bits per heavy atom. The SMILES string of the molecule is Cc1cn2c(nc1=O)[C@H]1C[C@H]2O[C@@H]1CO. The minimum atomic E-state index is -0.190. The summed E-state index contributed by atoms with van der Waals surface area (Å²) in [6.45, 7) is 1.74. The van der Waals surface area contributed by atoms with Crippen molar-refractivity contribution in [1.29, 1.82) is 0 Å². The topological polar surface area (TPSA) is 64.4 Å². The molecule has 3 rings (SSSR count). The van der Waals surface area contributed by atoms with Crippen molar-refractivity contribution in [3.8, 4) is 0 Å². The zero-order valence-corrected chi connectivity index (χ0v) is 8.38. The van der Waals surface area contributed by atoms with E-state index in [0.29, 0.717) is 5.56 Å². The summed E-state index contributed by atoms with van der Waals surface area (Å²) in [6.07, 6.45) is 2.38. The summed E-state index contributed by atoms with van der Waals surface area (Å²) in [5, 5.41) is 9.10. The molecule has 0 saturated carbocycles. The van der Waals surface area contributed by atoms with Gasteiger partial charge >= 0.3 is 0 Å². The van der Waals surface area contributed by atoms with Gasteiger partial charge in [-0.05, 0) is 6.92 Å².